The number of aromatic nitrogens is 2. The third-order valence-corrected chi connectivity index (χ3v) is 6.53. The van der Waals surface area contributed by atoms with E-state index in [1.54, 1.807) is 13.0 Å². The Labute approximate surface area is 217 Å². The molecule has 0 unspecified atom stereocenters. The van der Waals surface area contributed by atoms with Crippen molar-refractivity contribution < 1.29 is 23.1 Å². The van der Waals surface area contributed by atoms with Gasteiger partial charge in [0.25, 0.3) is 0 Å². The number of para-hydroxylation sites is 1. The van der Waals surface area contributed by atoms with Crippen LogP contribution in [0.15, 0.2) is 35.9 Å². The van der Waals surface area contributed by atoms with Crippen molar-refractivity contribution in [3.8, 4) is 11.3 Å². The Morgan fingerprint density at radius 1 is 1.13 bits per heavy atom. The molecule has 3 aromatic rings. The number of carbonyl (C=O) groups is 1. The fourth-order valence-corrected chi connectivity index (χ4v) is 4.33. The molecule has 2 amide bonds. The van der Waals surface area contributed by atoms with Crippen molar-refractivity contribution in [2.45, 2.75) is 26.3 Å². The summed E-state index contributed by atoms with van der Waals surface area (Å²) in [6.45, 7) is 2.60. The number of carbonyl (C=O) groups excluding carboxylic acids is 1. The number of urea groups is 1. The Hall–Kier alpha value is -4.12. The maximum Gasteiger partial charge on any atom is 0.328 e. The van der Waals surface area contributed by atoms with Crippen LogP contribution in [0.25, 0.3) is 17.0 Å². The number of halogens is 3. The third kappa shape index (κ3) is 4.76. The van der Waals surface area contributed by atoms with Gasteiger partial charge in [0.15, 0.2) is 5.82 Å². The Morgan fingerprint density at radius 3 is 2.50 bits per heavy atom. The van der Waals surface area contributed by atoms with E-state index in [0.29, 0.717) is 29.8 Å². The molecular formula is C27H27F3N6O2. The van der Waals surface area contributed by atoms with E-state index in [9.17, 15) is 18.7 Å². The summed E-state index contributed by atoms with van der Waals surface area (Å²) in [6.07, 6.45) is 1.49. The van der Waals surface area contributed by atoms with E-state index in [1.165, 1.54) is 12.1 Å². The van der Waals surface area contributed by atoms with Gasteiger partial charge >= 0.3 is 6.03 Å². The number of anilines is 3. The second-order valence-electron chi connectivity index (χ2n) is 9.58. The van der Waals surface area contributed by atoms with E-state index in [1.807, 2.05) is 19.0 Å². The predicted molar refractivity (Wildman–Crippen MR) is 139 cm³/mol. The first-order valence-electron chi connectivity index (χ1n) is 12.2. The molecule has 0 radical (unpaired) electrons. The highest BCUT2D eigenvalue weighted by Crippen LogP contribution is 2.41. The lowest BCUT2D eigenvalue weighted by molar-refractivity contribution is 0.246. The SMILES string of the molecule is Cc1c(F)cc(C(O)=C2CC2)cc1-c1nc(NCCN(C)C)nc2c1CNC(=O)N2c1c(F)cccc1F. The zero-order valence-corrected chi connectivity index (χ0v) is 21.2. The lowest BCUT2D eigenvalue weighted by atomic mass is 9.96. The standard InChI is InChI=1S/C27H27F3N6O2/c1-14-17(11-16(12-21(14)30)24(37)15-7-8-15)22-18-13-32-27(38)36(23-19(28)5-4-6-20(23)29)25(18)34-26(33-22)31-9-10-35(2)3/h4-6,11-12,37H,7-10,13H2,1-3H3,(H,32,38)(H,31,33,34). The van der Waals surface area contributed by atoms with Gasteiger partial charge < -0.3 is 20.6 Å². The van der Waals surface area contributed by atoms with Gasteiger partial charge in [-0.15, -0.1) is 0 Å². The number of aliphatic hydroxyl groups is 1. The van der Waals surface area contributed by atoms with Crippen molar-refractivity contribution >= 4 is 29.2 Å². The normalized spacial score (nSPS) is 14.4. The number of allylic oxidation sites excluding steroid dienone is 1. The highest BCUT2D eigenvalue weighted by molar-refractivity contribution is 6.02. The van der Waals surface area contributed by atoms with Crippen molar-refractivity contribution in [2.24, 2.45) is 0 Å². The van der Waals surface area contributed by atoms with Crippen LogP contribution in [-0.4, -0.2) is 53.2 Å². The summed E-state index contributed by atoms with van der Waals surface area (Å²) in [5.74, 6) is -2.32. The molecular weight excluding hydrogens is 497 g/mol. The fourth-order valence-electron chi connectivity index (χ4n) is 4.33. The van der Waals surface area contributed by atoms with E-state index < -0.39 is 29.2 Å². The highest BCUT2D eigenvalue weighted by Gasteiger charge is 2.34. The first-order chi connectivity index (χ1) is 18.2. The third-order valence-electron chi connectivity index (χ3n) is 6.53. The van der Waals surface area contributed by atoms with Gasteiger partial charge in [0.05, 0.1) is 12.2 Å². The van der Waals surface area contributed by atoms with Crippen LogP contribution < -0.4 is 15.5 Å². The van der Waals surface area contributed by atoms with Crippen molar-refractivity contribution in [3.05, 3.63) is 70.0 Å². The van der Waals surface area contributed by atoms with Gasteiger partial charge in [0.2, 0.25) is 5.95 Å². The lowest BCUT2D eigenvalue weighted by Crippen LogP contribution is -2.43. The Morgan fingerprint density at radius 2 is 1.84 bits per heavy atom. The van der Waals surface area contributed by atoms with Crippen LogP contribution in [0.3, 0.4) is 0 Å². The van der Waals surface area contributed by atoms with Crippen LogP contribution in [-0.2, 0) is 6.54 Å². The number of benzene rings is 2. The molecule has 0 saturated heterocycles. The average Bonchev–Trinajstić information content (AvgIpc) is 3.71. The molecule has 1 aliphatic heterocycles. The Kier molecular flexibility index (Phi) is 6.70. The second-order valence-corrected chi connectivity index (χ2v) is 9.58. The largest absolute Gasteiger partial charge is 0.507 e. The summed E-state index contributed by atoms with van der Waals surface area (Å²) >= 11 is 0. The molecule has 2 aromatic carbocycles. The van der Waals surface area contributed by atoms with Gasteiger partial charge in [-0.3, -0.25) is 0 Å². The number of aliphatic hydroxyl groups excluding tert-OH is 1. The molecule has 1 aromatic heterocycles. The van der Waals surface area contributed by atoms with Gasteiger partial charge in [-0.05, 0) is 69.3 Å². The maximum atomic E-state index is 15.1. The highest BCUT2D eigenvalue weighted by atomic mass is 19.1. The minimum Gasteiger partial charge on any atom is -0.507 e. The summed E-state index contributed by atoms with van der Waals surface area (Å²) in [5.41, 5.74) is 1.82. The van der Waals surface area contributed by atoms with Gasteiger partial charge in [-0.1, -0.05) is 6.07 Å². The van der Waals surface area contributed by atoms with Gasteiger partial charge in [0, 0.05) is 29.8 Å². The van der Waals surface area contributed by atoms with E-state index in [2.05, 4.69) is 20.6 Å². The molecule has 8 nitrogen and oxygen atoms in total. The summed E-state index contributed by atoms with van der Waals surface area (Å²) in [6, 6.07) is 5.44. The van der Waals surface area contributed by atoms with Crippen molar-refractivity contribution in [2.75, 3.05) is 37.4 Å². The molecule has 0 spiro atoms. The number of likely N-dealkylation sites (N-methyl/N-ethyl adjacent to an activating group) is 1. The predicted octanol–water partition coefficient (Wildman–Crippen LogP) is 5.27. The topological polar surface area (TPSA) is 93.6 Å². The van der Waals surface area contributed by atoms with Gasteiger partial charge in [-0.25, -0.2) is 27.8 Å². The van der Waals surface area contributed by atoms with E-state index in [4.69, 9.17) is 0 Å². The minimum absolute atomic E-state index is 0.0231. The molecule has 1 saturated carbocycles. The smallest absolute Gasteiger partial charge is 0.328 e. The molecule has 0 atom stereocenters. The van der Waals surface area contributed by atoms with Crippen LogP contribution in [0.5, 0.6) is 0 Å². The molecule has 1 aliphatic carbocycles. The van der Waals surface area contributed by atoms with Crippen LogP contribution >= 0.6 is 0 Å². The number of nitrogens with one attached hydrogen (secondary N) is 2. The first kappa shape index (κ1) is 25.5. The quantitative estimate of drug-likeness (QED) is 0.365. The number of fused-ring (bicyclic) bond motifs is 1. The van der Waals surface area contributed by atoms with E-state index in [-0.39, 0.29) is 35.3 Å². The number of hydrogen-bond acceptors (Lipinski definition) is 6. The average molecular weight is 525 g/mol. The zero-order chi connectivity index (χ0) is 27.1. The molecule has 5 rings (SSSR count). The van der Waals surface area contributed by atoms with E-state index >= 15 is 4.39 Å². The summed E-state index contributed by atoms with van der Waals surface area (Å²) in [5, 5.41) is 16.3. The molecule has 198 valence electrons. The molecule has 11 heteroatoms. The summed E-state index contributed by atoms with van der Waals surface area (Å²) in [7, 11) is 3.79. The zero-order valence-electron chi connectivity index (χ0n) is 21.2. The van der Waals surface area contributed by atoms with Crippen molar-refractivity contribution in [3.63, 3.8) is 0 Å². The van der Waals surface area contributed by atoms with Crippen LogP contribution in [0, 0.1) is 24.4 Å². The molecule has 2 heterocycles. The number of amides is 2. The van der Waals surface area contributed by atoms with Crippen LogP contribution in [0.2, 0.25) is 0 Å². The molecule has 1 fully saturated rings. The van der Waals surface area contributed by atoms with Gasteiger partial charge in [-0.2, -0.15) is 4.98 Å². The Bertz CT molecular complexity index is 1450. The van der Waals surface area contributed by atoms with Crippen molar-refractivity contribution in [1.29, 1.82) is 0 Å². The van der Waals surface area contributed by atoms with E-state index in [0.717, 1.165) is 35.4 Å². The van der Waals surface area contributed by atoms with Crippen molar-refractivity contribution in [1.82, 2.24) is 20.2 Å². The second kappa shape index (κ2) is 9.97. The number of nitrogens with zero attached hydrogens (tertiary/aromatic N) is 4. The fraction of sp³-hybridized carbons (Fsp3) is 0.296. The van der Waals surface area contributed by atoms with Gasteiger partial charge in [0.1, 0.15) is 28.9 Å². The summed E-state index contributed by atoms with van der Waals surface area (Å²) in [4.78, 5) is 24.9. The monoisotopic (exact) mass is 524 g/mol. The molecule has 38 heavy (non-hydrogen) atoms. The minimum atomic E-state index is -0.944. The molecule has 0 bridgehead atoms. The van der Waals surface area contributed by atoms with Crippen LogP contribution in [0.4, 0.5) is 35.4 Å². The number of hydrogen-bond donors (Lipinski definition) is 3. The molecule has 3 N–H and O–H groups in total. The molecule has 2 aliphatic rings. The van der Waals surface area contributed by atoms with Crippen LogP contribution in [0.1, 0.15) is 29.5 Å². The summed E-state index contributed by atoms with van der Waals surface area (Å²) < 4.78 is 44.8. The lowest BCUT2D eigenvalue weighted by Gasteiger charge is -2.31. The Balaban J connectivity index is 1.73. The first-order valence-corrected chi connectivity index (χ1v) is 12.2. The maximum absolute atomic E-state index is 15.1. The number of rotatable bonds is 7.